The molecule has 2 N–H and O–H groups in total. The number of hydrogen-bond acceptors (Lipinski definition) is 2. The van der Waals surface area contributed by atoms with Crippen molar-refractivity contribution in [1.82, 2.24) is 0 Å². The van der Waals surface area contributed by atoms with Gasteiger partial charge in [-0.2, -0.15) is 0 Å². The Bertz CT molecular complexity index is 129. The van der Waals surface area contributed by atoms with Crippen molar-refractivity contribution in [1.29, 1.82) is 0 Å². The summed E-state index contributed by atoms with van der Waals surface area (Å²) in [5, 5.41) is 0. The van der Waals surface area contributed by atoms with E-state index in [1.54, 1.807) is 0 Å². The average molecular weight is 187 g/mol. The molecule has 0 heterocycles. The van der Waals surface area contributed by atoms with Gasteiger partial charge in [-0.1, -0.05) is 34.1 Å². The highest BCUT2D eigenvalue weighted by Crippen LogP contribution is 2.18. The molecule has 2 unspecified atom stereocenters. The Kier molecular flexibility index (Phi) is 5.57. The molecule has 0 rings (SSSR count). The molecule has 80 valence electrons. The van der Waals surface area contributed by atoms with Gasteiger partial charge in [0.1, 0.15) is 0 Å². The molecule has 0 fully saturated rings. The highest BCUT2D eigenvalue weighted by atomic mass is 16.5. The lowest BCUT2D eigenvalue weighted by atomic mass is 9.88. The third kappa shape index (κ3) is 6.05. The summed E-state index contributed by atoms with van der Waals surface area (Å²) >= 11 is 0. The predicted molar refractivity (Wildman–Crippen MR) is 57.8 cm³/mol. The van der Waals surface area contributed by atoms with Crippen LogP contribution in [0.2, 0.25) is 0 Å². The first kappa shape index (κ1) is 12.9. The zero-order valence-corrected chi connectivity index (χ0v) is 9.76. The van der Waals surface area contributed by atoms with Gasteiger partial charge in [-0.05, 0) is 18.8 Å². The van der Waals surface area contributed by atoms with Crippen molar-refractivity contribution in [2.75, 3.05) is 6.61 Å². The lowest BCUT2D eigenvalue weighted by Gasteiger charge is -2.28. The number of ether oxygens (including phenoxy) is 1. The van der Waals surface area contributed by atoms with Crippen LogP contribution >= 0.6 is 0 Å². The van der Waals surface area contributed by atoms with Gasteiger partial charge < -0.3 is 10.5 Å². The Labute approximate surface area is 82.8 Å². The van der Waals surface area contributed by atoms with E-state index in [2.05, 4.69) is 34.6 Å². The molecule has 0 aromatic heterocycles. The van der Waals surface area contributed by atoms with Crippen molar-refractivity contribution in [3.63, 3.8) is 0 Å². The Morgan fingerprint density at radius 3 is 2.23 bits per heavy atom. The minimum Gasteiger partial charge on any atom is -0.377 e. The summed E-state index contributed by atoms with van der Waals surface area (Å²) < 4.78 is 5.65. The fourth-order valence-corrected chi connectivity index (χ4v) is 1.01. The minimum atomic E-state index is 0.131. The smallest absolute Gasteiger partial charge is 0.0626 e. The van der Waals surface area contributed by atoms with Crippen molar-refractivity contribution in [3.8, 4) is 0 Å². The maximum absolute atomic E-state index is 5.97. The van der Waals surface area contributed by atoms with E-state index in [9.17, 15) is 0 Å². The molecule has 2 heteroatoms. The summed E-state index contributed by atoms with van der Waals surface area (Å²) in [4.78, 5) is 0. The van der Waals surface area contributed by atoms with Crippen molar-refractivity contribution < 1.29 is 4.74 Å². The van der Waals surface area contributed by atoms with Gasteiger partial charge >= 0.3 is 0 Å². The topological polar surface area (TPSA) is 35.2 Å². The van der Waals surface area contributed by atoms with Crippen LogP contribution < -0.4 is 5.73 Å². The van der Waals surface area contributed by atoms with Gasteiger partial charge in [0.05, 0.1) is 12.7 Å². The summed E-state index contributed by atoms with van der Waals surface area (Å²) in [6.45, 7) is 11.4. The van der Waals surface area contributed by atoms with Crippen molar-refractivity contribution >= 4 is 0 Å². The van der Waals surface area contributed by atoms with E-state index < -0.39 is 0 Å². The van der Waals surface area contributed by atoms with Crippen LogP contribution in [0.1, 0.15) is 47.5 Å². The Morgan fingerprint density at radius 1 is 1.31 bits per heavy atom. The molecular weight excluding hydrogens is 162 g/mol. The summed E-state index contributed by atoms with van der Waals surface area (Å²) in [6.07, 6.45) is 2.64. The first-order valence-electron chi connectivity index (χ1n) is 5.25. The summed E-state index contributed by atoms with van der Waals surface area (Å²) in [5.74, 6) is 0. The summed E-state index contributed by atoms with van der Waals surface area (Å²) in [7, 11) is 0. The second-order valence-electron chi connectivity index (χ2n) is 4.91. The van der Waals surface area contributed by atoms with E-state index in [0.717, 1.165) is 6.42 Å². The van der Waals surface area contributed by atoms with Crippen LogP contribution in [0.4, 0.5) is 0 Å². The fourth-order valence-electron chi connectivity index (χ4n) is 1.01. The standard InChI is InChI=1S/C11H25NO/c1-6-7-9(2)13-8-10(12)11(3,4)5/h9-10H,6-8,12H2,1-5H3. The largest absolute Gasteiger partial charge is 0.377 e. The molecule has 2 nitrogen and oxygen atoms in total. The van der Waals surface area contributed by atoms with Crippen molar-refractivity contribution in [2.45, 2.75) is 59.6 Å². The van der Waals surface area contributed by atoms with E-state index in [4.69, 9.17) is 10.5 Å². The quantitative estimate of drug-likeness (QED) is 0.718. The first-order valence-corrected chi connectivity index (χ1v) is 5.25. The minimum absolute atomic E-state index is 0.131. The van der Waals surface area contributed by atoms with E-state index in [1.807, 2.05) is 0 Å². The molecule has 0 aliphatic heterocycles. The SMILES string of the molecule is CCCC(C)OCC(N)C(C)(C)C. The zero-order valence-electron chi connectivity index (χ0n) is 9.76. The van der Waals surface area contributed by atoms with Crippen molar-refractivity contribution in [3.05, 3.63) is 0 Å². The fraction of sp³-hybridized carbons (Fsp3) is 1.00. The molecule has 0 aromatic rings. The Morgan fingerprint density at radius 2 is 1.85 bits per heavy atom. The van der Waals surface area contributed by atoms with Crippen LogP contribution in [0, 0.1) is 5.41 Å². The Balaban J connectivity index is 3.63. The predicted octanol–water partition coefficient (Wildman–Crippen LogP) is 2.57. The van der Waals surface area contributed by atoms with Gasteiger partial charge in [0.2, 0.25) is 0 Å². The second kappa shape index (κ2) is 5.61. The molecule has 0 aliphatic rings. The highest BCUT2D eigenvalue weighted by Gasteiger charge is 2.21. The summed E-state index contributed by atoms with van der Waals surface area (Å²) in [5.41, 5.74) is 6.11. The molecule has 0 bridgehead atoms. The average Bonchev–Trinajstić information content (AvgIpc) is 1.99. The van der Waals surface area contributed by atoms with Crippen LogP contribution in [0.3, 0.4) is 0 Å². The second-order valence-corrected chi connectivity index (χ2v) is 4.91. The first-order chi connectivity index (χ1) is 5.88. The van der Waals surface area contributed by atoms with Gasteiger partial charge in [0, 0.05) is 6.04 Å². The van der Waals surface area contributed by atoms with E-state index >= 15 is 0 Å². The van der Waals surface area contributed by atoms with Crippen LogP contribution in [0.5, 0.6) is 0 Å². The molecule has 0 saturated carbocycles. The molecular formula is C11H25NO. The maximum atomic E-state index is 5.97. The van der Waals surface area contributed by atoms with E-state index in [0.29, 0.717) is 12.7 Å². The number of nitrogens with two attached hydrogens (primary N) is 1. The lowest BCUT2D eigenvalue weighted by Crippen LogP contribution is -2.40. The molecule has 0 spiro atoms. The normalized spacial score (nSPS) is 17.1. The van der Waals surface area contributed by atoms with Gasteiger partial charge in [-0.25, -0.2) is 0 Å². The van der Waals surface area contributed by atoms with Crippen LogP contribution in [-0.4, -0.2) is 18.8 Å². The third-order valence-corrected chi connectivity index (χ3v) is 2.37. The van der Waals surface area contributed by atoms with Crippen molar-refractivity contribution in [2.24, 2.45) is 11.1 Å². The van der Waals surface area contributed by atoms with Crippen LogP contribution in [-0.2, 0) is 4.74 Å². The number of rotatable bonds is 5. The van der Waals surface area contributed by atoms with Gasteiger partial charge in [0.25, 0.3) is 0 Å². The number of hydrogen-bond donors (Lipinski definition) is 1. The van der Waals surface area contributed by atoms with E-state index in [-0.39, 0.29) is 11.5 Å². The molecule has 0 aliphatic carbocycles. The molecule has 2 atom stereocenters. The van der Waals surface area contributed by atoms with Gasteiger partial charge in [0.15, 0.2) is 0 Å². The highest BCUT2D eigenvalue weighted by molar-refractivity contribution is 4.76. The van der Waals surface area contributed by atoms with Crippen LogP contribution in [0.25, 0.3) is 0 Å². The molecule has 0 radical (unpaired) electrons. The molecule has 0 saturated heterocycles. The molecule has 0 aromatic carbocycles. The van der Waals surface area contributed by atoms with Gasteiger partial charge in [-0.15, -0.1) is 0 Å². The lowest BCUT2D eigenvalue weighted by molar-refractivity contribution is 0.0317. The molecule has 13 heavy (non-hydrogen) atoms. The van der Waals surface area contributed by atoms with E-state index in [1.165, 1.54) is 6.42 Å². The third-order valence-electron chi connectivity index (χ3n) is 2.37. The van der Waals surface area contributed by atoms with Gasteiger partial charge in [-0.3, -0.25) is 0 Å². The maximum Gasteiger partial charge on any atom is 0.0626 e. The van der Waals surface area contributed by atoms with Crippen LogP contribution in [0.15, 0.2) is 0 Å². The summed E-state index contributed by atoms with van der Waals surface area (Å²) in [6, 6.07) is 0.131. The molecule has 0 amide bonds. The Hall–Kier alpha value is -0.0800. The zero-order chi connectivity index (χ0) is 10.5. The monoisotopic (exact) mass is 187 g/mol.